The number of amides is 2. The van der Waals surface area contributed by atoms with E-state index < -0.39 is 5.97 Å². The van der Waals surface area contributed by atoms with E-state index in [1.807, 2.05) is 4.90 Å². The maximum absolute atomic E-state index is 12.2. The first-order valence-corrected chi connectivity index (χ1v) is 6.88. The molecule has 0 radical (unpaired) electrons. The Hall–Kier alpha value is -2.05. The Bertz CT molecular complexity index is 486. The van der Waals surface area contributed by atoms with Gasteiger partial charge in [0.2, 0.25) is 0 Å². The van der Waals surface area contributed by atoms with Crippen molar-refractivity contribution in [2.75, 3.05) is 11.9 Å². The Morgan fingerprint density at radius 1 is 1.45 bits per heavy atom. The lowest BCUT2D eigenvalue weighted by atomic mass is 10.1. The molecule has 2 rings (SSSR count). The van der Waals surface area contributed by atoms with E-state index in [1.165, 1.54) is 17.1 Å². The van der Waals surface area contributed by atoms with Gasteiger partial charge < -0.3 is 15.3 Å². The number of rotatable bonds is 3. The highest BCUT2D eigenvalue weighted by Gasteiger charge is 2.22. The van der Waals surface area contributed by atoms with Gasteiger partial charge in [-0.15, -0.1) is 0 Å². The molecule has 2 N–H and O–H groups in total. The van der Waals surface area contributed by atoms with Gasteiger partial charge in [0.15, 0.2) is 0 Å². The van der Waals surface area contributed by atoms with Gasteiger partial charge in [-0.25, -0.2) is 4.79 Å². The summed E-state index contributed by atoms with van der Waals surface area (Å²) in [5.74, 6) is -0.966. The summed E-state index contributed by atoms with van der Waals surface area (Å²) < 4.78 is 1.28. The molecule has 1 saturated heterocycles. The number of nitrogens with one attached hydrogen (secondary N) is 1. The third kappa shape index (κ3) is 3.72. The third-order valence-corrected chi connectivity index (χ3v) is 3.50. The van der Waals surface area contributed by atoms with Crippen LogP contribution in [0.2, 0.25) is 0 Å². The molecule has 0 bridgehead atoms. The van der Waals surface area contributed by atoms with Crippen LogP contribution >= 0.6 is 0 Å². The van der Waals surface area contributed by atoms with Crippen LogP contribution in [0.4, 0.5) is 10.5 Å². The lowest BCUT2D eigenvalue weighted by Crippen LogP contribution is -2.41. The summed E-state index contributed by atoms with van der Waals surface area (Å²) in [5.41, 5.74) is 0.521. The molecule has 1 unspecified atom stereocenters. The fourth-order valence-corrected chi connectivity index (χ4v) is 2.43. The Kier molecular flexibility index (Phi) is 4.60. The number of nitrogens with zero attached hydrogens (tertiary/aromatic N) is 3. The average molecular weight is 280 g/mol. The third-order valence-electron chi connectivity index (χ3n) is 3.50. The SMILES string of the molecule is CC1CCCCCN1C(=O)Nc1cnn(CC(=O)O)c1. The number of anilines is 1. The van der Waals surface area contributed by atoms with Crippen LogP contribution < -0.4 is 5.32 Å². The van der Waals surface area contributed by atoms with E-state index in [2.05, 4.69) is 17.3 Å². The summed E-state index contributed by atoms with van der Waals surface area (Å²) in [6.45, 7) is 2.60. The van der Waals surface area contributed by atoms with Gasteiger partial charge in [-0.1, -0.05) is 12.8 Å². The van der Waals surface area contributed by atoms with Gasteiger partial charge in [-0.05, 0) is 19.8 Å². The average Bonchev–Trinajstić information content (AvgIpc) is 2.67. The fourth-order valence-electron chi connectivity index (χ4n) is 2.43. The molecule has 1 aliphatic rings. The van der Waals surface area contributed by atoms with E-state index in [0.717, 1.165) is 32.2 Å². The molecular formula is C13H20N4O3. The topological polar surface area (TPSA) is 87.5 Å². The molecule has 1 atom stereocenters. The second-order valence-electron chi connectivity index (χ2n) is 5.14. The van der Waals surface area contributed by atoms with E-state index in [0.29, 0.717) is 5.69 Å². The van der Waals surface area contributed by atoms with Crippen LogP contribution in [-0.4, -0.2) is 44.4 Å². The first-order chi connectivity index (χ1) is 9.56. The van der Waals surface area contributed by atoms with Gasteiger partial charge in [-0.3, -0.25) is 9.48 Å². The highest BCUT2D eigenvalue weighted by molar-refractivity contribution is 5.89. The van der Waals surface area contributed by atoms with Crippen LogP contribution in [0, 0.1) is 0 Å². The van der Waals surface area contributed by atoms with Crippen LogP contribution in [0.3, 0.4) is 0 Å². The van der Waals surface area contributed by atoms with E-state index >= 15 is 0 Å². The molecule has 7 heteroatoms. The van der Waals surface area contributed by atoms with Crippen molar-refractivity contribution >= 4 is 17.7 Å². The zero-order chi connectivity index (χ0) is 14.5. The van der Waals surface area contributed by atoms with Crippen molar-refractivity contribution in [3.05, 3.63) is 12.4 Å². The molecule has 1 fully saturated rings. The van der Waals surface area contributed by atoms with Crippen molar-refractivity contribution in [2.45, 2.75) is 45.2 Å². The highest BCUT2D eigenvalue weighted by atomic mass is 16.4. The minimum Gasteiger partial charge on any atom is -0.480 e. The molecular weight excluding hydrogens is 260 g/mol. The molecule has 110 valence electrons. The number of hydrogen-bond acceptors (Lipinski definition) is 3. The first kappa shape index (κ1) is 14.4. The number of hydrogen-bond donors (Lipinski definition) is 2. The van der Waals surface area contributed by atoms with Crippen LogP contribution in [0.1, 0.15) is 32.6 Å². The Balaban J connectivity index is 1.96. The number of urea groups is 1. The molecule has 1 aromatic rings. The van der Waals surface area contributed by atoms with E-state index in [1.54, 1.807) is 0 Å². The molecule has 1 aliphatic heterocycles. The summed E-state index contributed by atoms with van der Waals surface area (Å²) in [7, 11) is 0. The summed E-state index contributed by atoms with van der Waals surface area (Å²) in [4.78, 5) is 24.6. The highest BCUT2D eigenvalue weighted by Crippen LogP contribution is 2.17. The zero-order valence-electron chi connectivity index (χ0n) is 11.6. The molecule has 0 aliphatic carbocycles. The number of likely N-dealkylation sites (tertiary alicyclic amines) is 1. The van der Waals surface area contributed by atoms with E-state index in [9.17, 15) is 9.59 Å². The summed E-state index contributed by atoms with van der Waals surface area (Å²) in [6.07, 6.45) is 7.34. The molecule has 0 aromatic carbocycles. The predicted molar refractivity (Wildman–Crippen MR) is 73.5 cm³/mol. The number of carbonyl (C=O) groups excluding carboxylic acids is 1. The Morgan fingerprint density at radius 3 is 3.00 bits per heavy atom. The minimum atomic E-state index is -0.966. The lowest BCUT2D eigenvalue weighted by Gasteiger charge is -2.26. The lowest BCUT2D eigenvalue weighted by molar-refractivity contribution is -0.137. The monoisotopic (exact) mass is 280 g/mol. The smallest absolute Gasteiger partial charge is 0.325 e. The van der Waals surface area contributed by atoms with Gasteiger partial charge >= 0.3 is 12.0 Å². The number of carboxylic acid groups (broad SMARTS) is 1. The normalized spacial score (nSPS) is 19.4. The van der Waals surface area contributed by atoms with Gasteiger partial charge in [0.05, 0.1) is 11.9 Å². The van der Waals surface area contributed by atoms with Crippen molar-refractivity contribution in [1.82, 2.24) is 14.7 Å². The quantitative estimate of drug-likeness (QED) is 0.883. The van der Waals surface area contributed by atoms with Gasteiger partial charge in [0, 0.05) is 18.8 Å². The maximum atomic E-state index is 12.2. The Morgan fingerprint density at radius 2 is 2.25 bits per heavy atom. The zero-order valence-corrected chi connectivity index (χ0v) is 11.6. The first-order valence-electron chi connectivity index (χ1n) is 6.88. The number of aromatic nitrogens is 2. The van der Waals surface area contributed by atoms with Crippen molar-refractivity contribution in [3.63, 3.8) is 0 Å². The van der Waals surface area contributed by atoms with Gasteiger partial charge in [0.1, 0.15) is 6.54 Å². The second-order valence-corrected chi connectivity index (χ2v) is 5.14. The molecule has 7 nitrogen and oxygen atoms in total. The van der Waals surface area contributed by atoms with Crippen LogP contribution in [0.15, 0.2) is 12.4 Å². The second kappa shape index (κ2) is 6.40. The molecule has 0 saturated carbocycles. The van der Waals surface area contributed by atoms with Gasteiger partial charge in [-0.2, -0.15) is 5.10 Å². The number of carboxylic acids is 1. The van der Waals surface area contributed by atoms with E-state index in [-0.39, 0.29) is 18.6 Å². The summed E-state index contributed by atoms with van der Waals surface area (Å²) >= 11 is 0. The molecule has 2 amide bonds. The summed E-state index contributed by atoms with van der Waals surface area (Å²) in [5, 5.41) is 15.3. The van der Waals surface area contributed by atoms with Crippen molar-refractivity contribution in [3.8, 4) is 0 Å². The van der Waals surface area contributed by atoms with E-state index in [4.69, 9.17) is 5.11 Å². The molecule has 20 heavy (non-hydrogen) atoms. The van der Waals surface area contributed by atoms with Crippen LogP contribution in [-0.2, 0) is 11.3 Å². The fraction of sp³-hybridized carbons (Fsp3) is 0.615. The molecule has 0 spiro atoms. The van der Waals surface area contributed by atoms with Crippen LogP contribution in [0.25, 0.3) is 0 Å². The molecule has 2 heterocycles. The van der Waals surface area contributed by atoms with Crippen molar-refractivity contribution in [2.24, 2.45) is 0 Å². The molecule has 1 aromatic heterocycles. The van der Waals surface area contributed by atoms with Crippen molar-refractivity contribution < 1.29 is 14.7 Å². The van der Waals surface area contributed by atoms with Gasteiger partial charge in [0.25, 0.3) is 0 Å². The minimum absolute atomic E-state index is 0.144. The number of aliphatic carboxylic acids is 1. The van der Waals surface area contributed by atoms with Crippen LogP contribution in [0.5, 0.6) is 0 Å². The van der Waals surface area contributed by atoms with Crippen molar-refractivity contribution in [1.29, 1.82) is 0 Å². The Labute approximate surface area is 117 Å². The summed E-state index contributed by atoms with van der Waals surface area (Å²) in [6, 6.07) is 0.0841. The standard InChI is InChI=1S/C13H20N4O3/c1-10-5-3-2-4-6-17(10)13(20)15-11-7-14-16(8-11)9-12(18)19/h7-8,10H,2-6,9H2,1H3,(H,15,20)(H,18,19). The maximum Gasteiger partial charge on any atom is 0.325 e. The predicted octanol–water partition coefficient (Wildman–Crippen LogP) is 1.76. The number of carbonyl (C=O) groups is 2. The largest absolute Gasteiger partial charge is 0.480 e.